The summed E-state index contributed by atoms with van der Waals surface area (Å²) < 4.78 is 6.08. The van der Waals surface area contributed by atoms with Crippen molar-refractivity contribution in [2.24, 2.45) is 0 Å². The molecule has 3 rings (SSSR count). The normalized spacial score (nSPS) is 10.8. The first-order valence-electron chi connectivity index (χ1n) is 6.24. The Morgan fingerprint density at radius 3 is 2.71 bits per heavy atom. The molecule has 0 unspecified atom stereocenters. The molecule has 0 bridgehead atoms. The molecule has 0 saturated carbocycles. The van der Waals surface area contributed by atoms with Crippen molar-refractivity contribution >= 4 is 44.7 Å². The highest BCUT2D eigenvalue weighted by molar-refractivity contribution is 9.10. The Kier molecular flexibility index (Phi) is 3.74. The van der Waals surface area contributed by atoms with Crippen molar-refractivity contribution in [2.45, 2.75) is 0 Å². The van der Waals surface area contributed by atoms with Crippen molar-refractivity contribution in [2.75, 3.05) is 7.11 Å². The summed E-state index contributed by atoms with van der Waals surface area (Å²) in [5.74, 6) is 0.604. The molecule has 3 nitrogen and oxygen atoms in total. The number of benzene rings is 2. The fourth-order valence-electron chi connectivity index (χ4n) is 2.36. The zero-order valence-corrected chi connectivity index (χ0v) is 13.5. The lowest BCUT2D eigenvalue weighted by Gasteiger charge is -2.05. The lowest BCUT2D eigenvalue weighted by molar-refractivity contribution is 0.112. The monoisotopic (exact) mass is 363 g/mol. The van der Waals surface area contributed by atoms with E-state index in [0.717, 1.165) is 32.9 Å². The van der Waals surface area contributed by atoms with Gasteiger partial charge >= 0.3 is 0 Å². The molecule has 0 aliphatic rings. The molecule has 0 saturated heterocycles. The number of nitrogens with one attached hydrogen (secondary N) is 1. The lowest BCUT2D eigenvalue weighted by Crippen LogP contribution is -1.87. The Labute approximate surface area is 135 Å². The van der Waals surface area contributed by atoms with Crippen molar-refractivity contribution in [1.82, 2.24) is 4.98 Å². The quantitative estimate of drug-likeness (QED) is 0.659. The van der Waals surface area contributed by atoms with Crippen LogP contribution in [-0.4, -0.2) is 18.4 Å². The zero-order valence-electron chi connectivity index (χ0n) is 11.1. The second-order valence-electron chi connectivity index (χ2n) is 4.57. The minimum Gasteiger partial charge on any atom is -0.495 e. The first-order valence-corrected chi connectivity index (χ1v) is 7.41. The Hall–Kier alpha value is -1.78. The molecule has 5 heteroatoms. The number of aromatic amines is 1. The topological polar surface area (TPSA) is 42.1 Å². The smallest absolute Gasteiger partial charge is 0.152 e. The molecule has 2 aromatic carbocycles. The molecule has 1 aromatic heterocycles. The fraction of sp³-hybridized carbons (Fsp3) is 0.0625. The number of hydrogen-bond acceptors (Lipinski definition) is 2. The van der Waals surface area contributed by atoms with E-state index >= 15 is 0 Å². The number of ether oxygens (including phenoxy) is 1. The van der Waals surface area contributed by atoms with Gasteiger partial charge in [0.15, 0.2) is 6.29 Å². The Bertz CT molecular complexity index is 842. The molecule has 0 fully saturated rings. The van der Waals surface area contributed by atoms with Gasteiger partial charge in [-0.15, -0.1) is 0 Å². The van der Waals surface area contributed by atoms with Gasteiger partial charge in [-0.1, -0.05) is 27.5 Å². The summed E-state index contributed by atoms with van der Waals surface area (Å²) in [5.41, 5.74) is 3.12. The maximum absolute atomic E-state index is 11.5. The summed E-state index contributed by atoms with van der Waals surface area (Å²) in [6.07, 6.45) is 0.860. The Morgan fingerprint density at radius 1 is 1.24 bits per heavy atom. The molecule has 0 amide bonds. The van der Waals surface area contributed by atoms with Crippen LogP contribution in [-0.2, 0) is 0 Å². The van der Waals surface area contributed by atoms with Gasteiger partial charge in [-0.25, -0.2) is 0 Å². The van der Waals surface area contributed by atoms with E-state index in [1.165, 1.54) is 0 Å². The van der Waals surface area contributed by atoms with E-state index in [2.05, 4.69) is 20.9 Å². The van der Waals surface area contributed by atoms with Crippen molar-refractivity contribution in [1.29, 1.82) is 0 Å². The molecule has 1 N–H and O–H groups in total. The molecule has 0 spiro atoms. The van der Waals surface area contributed by atoms with Crippen molar-refractivity contribution in [3.05, 3.63) is 51.5 Å². The van der Waals surface area contributed by atoms with Crippen LogP contribution < -0.4 is 4.74 Å². The van der Waals surface area contributed by atoms with E-state index in [4.69, 9.17) is 16.3 Å². The average Bonchev–Trinajstić information content (AvgIpc) is 2.84. The highest BCUT2D eigenvalue weighted by Crippen LogP contribution is 2.34. The minimum absolute atomic E-state index is 0.506. The van der Waals surface area contributed by atoms with Gasteiger partial charge in [-0.2, -0.15) is 0 Å². The fourth-order valence-corrected chi connectivity index (χ4v) is 2.98. The van der Waals surface area contributed by atoms with Crippen LogP contribution in [0.5, 0.6) is 5.75 Å². The van der Waals surface area contributed by atoms with Crippen LogP contribution in [0.3, 0.4) is 0 Å². The first kappa shape index (κ1) is 14.2. The van der Waals surface area contributed by atoms with Gasteiger partial charge in [0.05, 0.1) is 17.8 Å². The van der Waals surface area contributed by atoms with Gasteiger partial charge in [0, 0.05) is 26.5 Å². The Balaban J connectivity index is 2.24. The third kappa shape index (κ3) is 2.45. The van der Waals surface area contributed by atoms with E-state index in [0.29, 0.717) is 16.3 Å². The second-order valence-corrected chi connectivity index (χ2v) is 5.89. The van der Waals surface area contributed by atoms with Gasteiger partial charge in [0.1, 0.15) is 5.75 Å². The number of carbonyl (C=O) groups excluding carboxylic acids is 1. The highest BCUT2D eigenvalue weighted by atomic mass is 79.9. The number of carbonyl (C=O) groups is 1. The van der Waals surface area contributed by atoms with Crippen LogP contribution in [0.15, 0.2) is 40.9 Å². The molecule has 0 aliphatic carbocycles. The standard InChI is InChI=1S/C16H11BrClNO2/c1-21-15-5-2-9(6-13(15)18)16-12(8-20)11-7-10(17)3-4-14(11)19-16/h2-8,19H,1H3. The maximum atomic E-state index is 11.5. The van der Waals surface area contributed by atoms with Gasteiger partial charge in [0.25, 0.3) is 0 Å². The van der Waals surface area contributed by atoms with Gasteiger partial charge in [0.2, 0.25) is 0 Å². The number of halogens is 2. The molecule has 0 atom stereocenters. The van der Waals surface area contributed by atoms with Crippen molar-refractivity contribution in [3.8, 4) is 17.0 Å². The van der Waals surface area contributed by atoms with E-state index in [-0.39, 0.29) is 0 Å². The number of hydrogen-bond donors (Lipinski definition) is 1. The average molecular weight is 365 g/mol. The summed E-state index contributed by atoms with van der Waals surface area (Å²) in [7, 11) is 1.57. The van der Waals surface area contributed by atoms with Gasteiger partial charge in [-0.05, 0) is 36.4 Å². The van der Waals surface area contributed by atoms with E-state index in [1.54, 1.807) is 19.2 Å². The van der Waals surface area contributed by atoms with Crippen LogP contribution in [0.2, 0.25) is 5.02 Å². The summed E-state index contributed by atoms with van der Waals surface area (Å²) >= 11 is 9.59. The molecular formula is C16H11BrClNO2. The van der Waals surface area contributed by atoms with E-state index < -0.39 is 0 Å². The number of methoxy groups -OCH3 is 1. The summed E-state index contributed by atoms with van der Waals surface area (Å²) in [6, 6.07) is 11.2. The van der Waals surface area contributed by atoms with Crippen LogP contribution in [0.25, 0.3) is 22.2 Å². The largest absolute Gasteiger partial charge is 0.495 e. The third-order valence-electron chi connectivity index (χ3n) is 3.36. The Morgan fingerprint density at radius 2 is 2.05 bits per heavy atom. The number of fused-ring (bicyclic) bond motifs is 1. The summed E-state index contributed by atoms with van der Waals surface area (Å²) in [4.78, 5) is 14.8. The van der Waals surface area contributed by atoms with Gasteiger partial charge < -0.3 is 9.72 Å². The molecule has 1 heterocycles. The predicted octanol–water partition coefficient (Wildman–Crippen LogP) is 5.07. The third-order valence-corrected chi connectivity index (χ3v) is 4.15. The van der Waals surface area contributed by atoms with E-state index in [1.807, 2.05) is 24.3 Å². The summed E-state index contributed by atoms with van der Waals surface area (Å²) in [6.45, 7) is 0. The lowest BCUT2D eigenvalue weighted by atomic mass is 10.1. The number of aromatic nitrogens is 1. The predicted molar refractivity (Wildman–Crippen MR) is 88.4 cm³/mol. The van der Waals surface area contributed by atoms with Crippen LogP contribution in [0, 0.1) is 0 Å². The molecule has 21 heavy (non-hydrogen) atoms. The van der Waals surface area contributed by atoms with Crippen LogP contribution in [0.4, 0.5) is 0 Å². The van der Waals surface area contributed by atoms with Crippen molar-refractivity contribution < 1.29 is 9.53 Å². The van der Waals surface area contributed by atoms with Crippen molar-refractivity contribution in [3.63, 3.8) is 0 Å². The molecule has 0 aliphatic heterocycles. The summed E-state index contributed by atoms with van der Waals surface area (Å²) in [5, 5.41) is 1.38. The number of aldehydes is 1. The molecule has 3 aromatic rings. The first-order chi connectivity index (χ1) is 10.1. The van der Waals surface area contributed by atoms with E-state index in [9.17, 15) is 4.79 Å². The zero-order chi connectivity index (χ0) is 15.0. The second kappa shape index (κ2) is 5.54. The molecule has 106 valence electrons. The SMILES string of the molecule is COc1ccc(-c2[nH]c3ccc(Br)cc3c2C=O)cc1Cl. The number of H-pyrrole nitrogens is 1. The molecular weight excluding hydrogens is 354 g/mol. The minimum atomic E-state index is 0.506. The molecule has 0 radical (unpaired) electrons. The highest BCUT2D eigenvalue weighted by Gasteiger charge is 2.14. The van der Waals surface area contributed by atoms with Gasteiger partial charge in [-0.3, -0.25) is 4.79 Å². The van der Waals surface area contributed by atoms with Crippen LogP contribution >= 0.6 is 27.5 Å². The maximum Gasteiger partial charge on any atom is 0.152 e. The van der Waals surface area contributed by atoms with Crippen LogP contribution in [0.1, 0.15) is 10.4 Å². The number of rotatable bonds is 3.